The average Bonchev–Trinajstić information content (AvgIpc) is 3.33. The molecule has 2 aliphatic rings. The van der Waals surface area contributed by atoms with Crippen molar-refractivity contribution in [2.75, 3.05) is 13.2 Å². The molecule has 0 aliphatic carbocycles. The van der Waals surface area contributed by atoms with Crippen LogP contribution in [0.3, 0.4) is 0 Å². The molecule has 0 spiro atoms. The third kappa shape index (κ3) is 3.95. The normalized spacial score (nSPS) is 23.4. The number of amides is 1. The summed E-state index contributed by atoms with van der Waals surface area (Å²) in [5.74, 6) is -1.70. The van der Waals surface area contributed by atoms with Crippen LogP contribution in [0.5, 0.6) is 0 Å². The molecule has 1 amide bonds. The number of carbonyl (C=O) groups is 2. The molecule has 2 fully saturated rings. The van der Waals surface area contributed by atoms with Crippen molar-refractivity contribution in [1.29, 1.82) is 0 Å². The Morgan fingerprint density at radius 3 is 2.43 bits per heavy atom. The lowest BCUT2D eigenvalue weighted by Gasteiger charge is -2.27. The maximum absolute atomic E-state index is 13.0. The van der Waals surface area contributed by atoms with Crippen LogP contribution in [0, 0.1) is 0 Å². The molecular formula is C22H18Cl3NO4. The first-order valence-electron chi connectivity index (χ1n) is 9.47. The zero-order valence-electron chi connectivity index (χ0n) is 15.8. The Hall–Kier alpha value is -2.05. The van der Waals surface area contributed by atoms with Gasteiger partial charge in [0.1, 0.15) is 5.76 Å². The van der Waals surface area contributed by atoms with Gasteiger partial charge in [-0.3, -0.25) is 9.59 Å². The smallest absolute Gasteiger partial charge is 0.295 e. The van der Waals surface area contributed by atoms with E-state index in [9.17, 15) is 14.7 Å². The summed E-state index contributed by atoms with van der Waals surface area (Å²) in [6, 6.07) is 10.5. The van der Waals surface area contributed by atoms with E-state index in [4.69, 9.17) is 39.5 Å². The molecule has 2 atom stereocenters. The third-order valence-corrected chi connectivity index (χ3v) is 6.33. The molecule has 2 saturated heterocycles. The lowest BCUT2D eigenvalue weighted by molar-refractivity contribution is -0.140. The van der Waals surface area contributed by atoms with E-state index < -0.39 is 17.7 Å². The van der Waals surface area contributed by atoms with Gasteiger partial charge in [0.05, 0.1) is 27.8 Å². The summed E-state index contributed by atoms with van der Waals surface area (Å²) < 4.78 is 5.67. The van der Waals surface area contributed by atoms with E-state index in [-0.39, 0.29) is 24.0 Å². The highest BCUT2D eigenvalue weighted by atomic mass is 35.5. The number of rotatable bonds is 4. The number of aliphatic hydroxyl groups is 1. The van der Waals surface area contributed by atoms with Gasteiger partial charge in [-0.25, -0.2) is 0 Å². The highest BCUT2D eigenvalue weighted by Gasteiger charge is 2.47. The van der Waals surface area contributed by atoms with Crippen molar-refractivity contribution in [3.8, 4) is 0 Å². The van der Waals surface area contributed by atoms with E-state index in [1.165, 1.54) is 4.90 Å². The van der Waals surface area contributed by atoms with Crippen molar-refractivity contribution in [3.05, 3.63) is 74.2 Å². The van der Waals surface area contributed by atoms with Crippen LogP contribution >= 0.6 is 34.8 Å². The fourth-order valence-electron chi connectivity index (χ4n) is 3.87. The fourth-order valence-corrected chi connectivity index (χ4v) is 4.30. The molecule has 0 bridgehead atoms. The molecule has 2 aromatic carbocycles. The molecule has 0 saturated carbocycles. The van der Waals surface area contributed by atoms with E-state index in [1.54, 1.807) is 42.5 Å². The molecular weight excluding hydrogens is 449 g/mol. The quantitative estimate of drug-likeness (QED) is 0.380. The molecule has 156 valence electrons. The fraction of sp³-hybridized carbons (Fsp3) is 0.273. The maximum atomic E-state index is 13.0. The number of likely N-dealkylation sites (tertiary alicyclic amines) is 1. The first-order chi connectivity index (χ1) is 14.4. The van der Waals surface area contributed by atoms with Crippen molar-refractivity contribution >= 4 is 52.3 Å². The predicted molar refractivity (Wildman–Crippen MR) is 116 cm³/mol. The maximum Gasteiger partial charge on any atom is 0.295 e. The molecule has 1 N–H and O–H groups in total. The Bertz CT molecular complexity index is 1030. The summed E-state index contributed by atoms with van der Waals surface area (Å²) in [7, 11) is 0. The molecule has 8 heteroatoms. The Morgan fingerprint density at radius 1 is 1.07 bits per heavy atom. The first-order valence-corrected chi connectivity index (χ1v) is 10.6. The van der Waals surface area contributed by atoms with Crippen molar-refractivity contribution in [2.45, 2.75) is 25.0 Å². The van der Waals surface area contributed by atoms with Crippen LogP contribution in [-0.2, 0) is 14.3 Å². The number of Topliss-reactive ketones (excluding diaryl/α,β-unsaturated/α-hetero) is 1. The van der Waals surface area contributed by atoms with Gasteiger partial charge in [-0.15, -0.1) is 0 Å². The summed E-state index contributed by atoms with van der Waals surface area (Å²) in [4.78, 5) is 27.3. The Balaban J connectivity index is 1.84. The Labute approximate surface area is 188 Å². The topological polar surface area (TPSA) is 66.8 Å². The van der Waals surface area contributed by atoms with Crippen LogP contribution in [0.1, 0.15) is 30.0 Å². The number of carbonyl (C=O) groups excluding carboxylic acids is 2. The monoisotopic (exact) mass is 465 g/mol. The van der Waals surface area contributed by atoms with Crippen LogP contribution in [0.15, 0.2) is 48.0 Å². The molecule has 2 aliphatic heterocycles. The number of nitrogens with zero attached hydrogens (tertiary/aromatic N) is 1. The molecule has 2 aromatic rings. The standard InChI is InChI=1S/C22H18Cl3NO4/c23-14-6-3-12(4-7-14)20(27)18-19(13-5-8-16(24)17(25)10-13)26(22(29)21(18)28)11-15-2-1-9-30-15/h3-8,10,15,19,27H,1-2,9,11H2. The van der Waals surface area contributed by atoms with Gasteiger partial charge in [0, 0.05) is 23.7 Å². The second-order valence-electron chi connectivity index (χ2n) is 7.27. The number of aliphatic hydroxyl groups excluding tert-OH is 1. The highest BCUT2D eigenvalue weighted by Crippen LogP contribution is 2.41. The van der Waals surface area contributed by atoms with Crippen molar-refractivity contribution in [3.63, 3.8) is 0 Å². The lowest BCUT2D eigenvalue weighted by Crippen LogP contribution is -2.36. The van der Waals surface area contributed by atoms with Gasteiger partial charge in [0.2, 0.25) is 0 Å². The zero-order valence-corrected chi connectivity index (χ0v) is 18.0. The van der Waals surface area contributed by atoms with Crippen molar-refractivity contribution in [2.24, 2.45) is 0 Å². The minimum atomic E-state index is -0.806. The van der Waals surface area contributed by atoms with E-state index in [1.807, 2.05) is 0 Å². The van der Waals surface area contributed by atoms with Gasteiger partial charge in [0.15, 0.2) is 0 Å². The van der Waals surface area contributed by atoms with E-state index in [0.29, 0.717) is 32.8 Å². The Morgan fingerprint density at radius 2 is 1.80 bits per heavy atom. The summed E-state index contributed by atoms with van der Waals surface area (Å²) in [6.07, 6.45) is 1.54. The van der Waals surface area contributed by atoms with Crippen molar-refractivity contribution < 1.29 is 19.4 Å². The first kappa shape index (κ1) is 21.2. The predicted octanol–water partition coefficient (Wildman–Crippen LogP) is 5.25. The van der Waals surface area contributed by atoms with Crippen LogP contribution in [-0.4, -0.2) is 41.0 Å². The van der Waals surface area contributed by atoms with Gasteiger partial charge in [-0.2, -0.15) is 0 Å². The van der Waals surface area contributed by atoms with Crippen LogP contribution in [0.2, 0.25) is 15.1 Å². The van der Waals surface area contributed by atoms with Gasteiger partial charge in [-0.1, -0.05) is 40.9 Å². The molecule has 5 nitrogen and oxygen atoms in total. The lowest BCUT2D eigenvalue weighted by atomic mass is 9.95. The van der Waals surface area contributed by atoms with Crippen molar-refractivity contribution in [1.82, 2.24) is 4.90 Å². The van der Waals surface area contributed by atoms with E-state index in [2.05, 4.69) is 0 Å². The van der Waals surface area contributed by atoms with E-state index >= 15 is 0 Å². The number of ether oxygens (including phenoxy) is 1. The van der Waals surface area contributed by atoms with Crippen LogP contribution < -0.4 is 0 Å². The van der Waals surface area contributed by atoms with Gasteiger partial charge in [0.25, 0.3) is 11.7 Å². The molecule has 2 heterocycles. The molecule has 30 heavy (non-hydrogen) atoms. The number of hydrogen-bond donors (Lipinski definition) is 1. The van der Waals surface area contributed by atoms with Crippen LogP contribution in [0.25, 0.3) is 5.76 Å². The number of benzene rings is 2. The minimum absolute atomic E-state index is 0.00120. The summed E-state index contributed by atoms with van der Waals surface area (Å²) in [6.45, 7) is 0.865. The summed E-state index contributed by atoms with van der Waals surface area (Å²) >= 11 is 18.2. The second kappa shape index (κ2) is 8.60. The number of ketones is 1. The summed E-state index contributed by atoms with van der Waals surface area (Å²) in [5.41, 5.74) is 0.968. The molecule has 0 radical (unpaired) electrons. The minimum Gasteiger partial charge on any atom is -0.507 e. The molecule has 0 aromatic heterocycles. The largest absolute Gasteiger partial charge is 0.507 e. The zero-order chi connectivity index (χ0) is 21.4. The Kier molecular flexibility index (Phi) is 6.07. The third-order valence-electron chi connectivity index (χ3n) is 5.34. The molecule has 4 rings (SSSR count). The number of halogens is 3. The molecule has 2 unspecified atom stereocenters. The van der Waals surface area contributed by atoms with Gasteiger partial charge in [-0.05, 0) is 54.8 Å². The second-order valence-corrected chi connectivity index (χ2v) is 8.52. The van der Waals surface area contributed by atoms with Gasteiger partial charge >= 0.3 is 0 Å². The average molecular weight is 467 g/mol. The van der Waals surface area contributed by atoms with Gasteiger partial charge < -0.3 is 14.7 Å². The van der Waals surface area contributed by atoms with E-state index in [0.717, 1.165) is 12.8 Å². The van der Waals surface area contributed by atoms with Crippen LogP contribution in [0.4, 0.5) is 0 Å². The number of hydrogen-bond acceptors (Lipinski definition) is 4. The highest BCUT2D eigenvalue weighted by molar-refractivity contribution is 6.47. The summed E-state index contributed by atoms with van der Waals surface area (Å²) in [5, 5.41) is 12.1. The SMILES string of the molecule is O=C1C(=O)N(CC2CCCO2)C(c2ccc(Cl)c(Cl)c2)C1=C(O)c1ccc(Cl)cc1.